The first-order chi connectivity index (χ1) is 7.15. The van der Waals surface area contributed by atoms with E-state index in [1.807, 2.05) is 19.0 Å². The molecule has 4 nitrogen and oxygen atoms in total. The van der Waals surface area contributed by atoms with E-state index in [0.29, 0.717) is 6.04 Å². The lowest BCUT2D eigenvalue weighted by molar-refractivity contribution is 0.197. The van der Waals surface area contributed by atoms with Crippen LogP contribution >= 0.6 is 0 Å². The molecule has 1 atom stereocenters. The average molecular weight is 213 g/mol. The van der Waals surface area contributed by atoms with Crippen LogP contribution in [0.4, 0.5) is 4.79 Å². The van der Waals surface area contributed by atoms with E-state index >= 15 is 0 Å². The van der Waals surface area contributed by atoms with Gasteiger partial charge < -0.3 is 15.1 Å². The van der Waals surface area contributed by atoms with Gasteiger partial charge in [0.05, 0.1) is 0 Å². The van der Waals surface area contributed by atoms with Crippen molar-refractivity contribution in [2.24, 2.45) is 0 Å². The molecule has 0 bridgehead atoms. The molecule has 1 N–H and O–H groups in total. The van der Waals surface area contributed by atoms with Gasteiger partial charge in [-0.15, -0.1) is 0 Å². The third-order valence-corrected chi connectivity index (χ3v) is 3.11. The van der Waals surface area contributed by atoms with Crippen LogP contribution in [0.1, 0.15) is 26.2 Å². The largest absolute Gasteiger partial charge is 0.326 e. The molecule has 1 unspecified atom stereocenters. The van der Waals surface area contributed by atoms with Gasteiger partial charge in [0.1, 0.15) is 0 Å². The van der Waals surface area contributed by atoms with Crippen molar-refractivity contribution in [2.45, 2.75) is 32.2 Å². The van der Waals surface area contributed by atoms with Gasteiger partial charge in [0.2, 0.25) is 0 Å². The maximum atomic E-state index is 11.5. The Balaban J connectivity index is 2.08. The van der Waals surface area contributed by atoms with Crippen LogP contribution in [0.25, 0.3) is 0 Å². The molecule has 0 aromatic heterocycles. The first-order valence-corrected chi connectivity index (χ1v) is 5.82. The number of amides is 2. The molecule has 2 amide bonds. The Kier molecular flexibility index (Phi) is 4.88. The highest BCUT2D eigenvalue weighted by Gasteiger charge is 2.24. The third-order valence-electron chi connectivity index (χ3n) is 3.11. The van der Waals surface area contributed by atoms with Crippen LogP contribution in [0.5, 0.6) is 0 Å². The molecule has 4 heteroatoms. The van der Waals surface area contributed by atoms with Gasteiger partial charge in [-0.1, -0.05) is 6.42 Å². The highest BCUT2D eigenvalue weighted by atomic mass is 16.2. The van der Waals surface area contributed by atoms with Gasteiger partial charge in [-0.2, -0.15) is 0 Å². The first kappa shape index (κ1) is 12.3. The van der Waals surface area contributed by atoms with Gasteiger partial charge in [0, 0.05) is 32.7 Å². The topological polar surface area (TPSA) is 35.6 Å². The average Bonchev–Trinajstić information content (AvgIpc) is 2.55. The monoisotopic (exact) mass is 213 g/mol. The van der Waals surface area contributed by atoms with E-state index in [-0.39, 0.29) is 6.03 Å². The molecule has 0 saturated carbocycles. The Labute approximate surface area is 92.6 Å². The molecule has 1 rings (SSSR count). The smallest absolute Gasteiger partial charge is 0.319 e. The maximum Gasteiger partial charge on any atom is 0.319 e. The molecular formula is C11H23N3O. The van der Waals surface area contributed by atoms with Crippen LogP contribution in [0, 0.1) is 0 Å². The third kappa shape index (κ3) is 3.70. The molecule has 0 aromatic carbocycles. The van der Waals surface area contributed by atoms with Crippen LogP contribution in [0.2, 0.25) is 0 Å². The molecule has 1 fully saturated rings. The predicted octanol–water partition coefficient (Wildman–Crippen LogP) is 1.13. The normalized spacial score (nSPS) is 18.7. The minimum atomic E-state index is 0.191. The number of unbranched alkanes of at least 4 members (excludes halogenated alkanes) is 1. The molecule has 0 aromatic rings. The van der Waals surface area contributed by atoms with Crippen LogP contribution in [0.3, 0.4) is 0 Å². The van der Waals surface area contributed by atoms with E-state index in [2.05, 4.69) is 12.2 Å². The molecule has 0 spiro atoms. The Morgan fingerprint density at radius 2 is 2.13 bits per heavy atom. The number of nitrogens with zero attached hydrogens (tertiary/aromatic N) is 2. The summed E-state index contributed by atoms with van der Waals surface area (Å²) in [6.45, 7) is 4.89. The summed E-state index contributed by atoms with van der Waals surface area (Å²) in [6.07, 6.45) is 3.50. The Morgan fingerprint density at radius 3 is 2.67 bits per heavy atom. The molecule has 0 aliphatic carbocycles. The fraction of sp³-hybridized carbons (Fsp3) is 0.909. The second-order valence-electron chi connectivity index (χ2n) is 4.38. The zero-order chi connectivity index (χ0) is 11.3. The lowest BCUT2D eigenvalue weighted by Crippen LogP contribution is -2.30. The van der Waals surface area contributed by atoms with Crippen molar-refractivity contribution in [1.29, 1.82) is 0 Å². The van der Waals surface area contributed by atoms with Gasteiger partial charge in [-0.3, -0.25) is 0 Å². The maximum absolute atomic E-state index is 11.5. The number of hydrogen-bond acceptors (Lipinski definition) is 2. The quantitative estimate of drug-likeness (QED) is 0.671. The summed E-state index contributed by atoms with van der Waals surface area (Å²) in [5.41, 5.74) is 0. The van der Waals surface area contributed by atoms with E-state index in [9.17, 15) is 4.79 Å². The lowest BCUT2D eigenvalue weighted by atomic mass is 10.1. The SMILES string of the molecule is CNC(C)CCCCN1CCN(C)C1=O. The number of nitrogens with one attached hydrogen (secondary N) is 1. The lowest BCUT2D eigenvalue weighted by Gasteiger charge is -2.16. The number of carbonyl (C=O) groups excluding carboxylic acids is 1. The highest BCUT2D eigenvalue weighted by Crippen LogP contribution is 2.08. The first-order valence-electron chi connectivity index (χ1n) is 5.82. The summed E-state index contributed by atoms with van der Waals surface area (Å²) in [7, 11) is 3.86. The summed E-state index contributed by atoms with van der Waals surface area (Å²) < 4.78 is 0. The molecule has 0 radical (unpaired) electrons. The summed E-state index contributed by atoms with van der Waals surface area (Å²) in [6, 6.07) is 0.776. The van der Waals surface area contributed by atoms with Gasteiger partial charge in [-0.25, -0.2) is 4.79 Å². The molecule has 1 heterocycles. The molecule has 15 heavy (non-hydrogen) atoms. The fourth-order valence-electron chi connectivity index (χ4n) is 1.81. The fourth-order valence-corrected chi connectivity index (χ4v) is 1.81. The summed E-state index contributed by atoms with van der Waals surface area (Å²) in [4.78, 5) is 15.3. The second kappa shape index (κ2) is 5.95. The zero-order valence-electron chi connectivity index (χ0n) is 10.1. The Bertz CT molecular complexity index is 208. The van der Waals surface area contributed by atoms with Crippen molar-refractivity contribution < 1.29 is 4.79 Å². The van der Waals surface area contributed by atoms with Crippen molar-refractivity contribution in [3.05, 3.63) is 0 Å². The second-order valence-corrected chi connectivity index (χ2v) is 4.38. The van der Waals surface area contributed by atoms with Crippen molar-refractivity contribution in [3.8, 4) is 0 Å². The van der Waals surface area contributed by atoms with E-state index in [0.717, 1.165) is 26.1 Å². The Morgan fingerprint density at radius 1 is 1.40 bits per heavy atom. The van der Waals surface area contributed by atoms with Crippen molar-refractivity contribution in [1.82, 2.24) is 15.1 Å². The van der Waals surface area contributed by atoms with Crippen LogP contribution in [-0.2, 0) is 0 Å². The Hall–Kier alpha value is -0.770. The summed E-state index contributed by atoms with van der Waals surface area (Å²) in [5, 5.41) is 3.22. The van der Waals surface area contributed by atoms with Crippen molar-refractivity contribution in [3.63, 3.8) is 0 Å². The highest BCUT2D eigenvalue weighted by molar-refractivity contribution is 5.76. The summed E-state index contributed by atoms with van der Waals surface area (Å²) in [5.74, 6) is 0. The van der Waals surface area contributed by atoms with Gasteiger partial charge in [-0.05, 0) is 26.8 Å². The molecule has 1 saturated heterocycles. The minimum Gasteiger partial charge on any atom is -0.326 e. The van der Waals surface area contributed by atoms with Crippen LogP contribution < -0.4 is 5.32 Å². The van der Waals surface area contributed by atoms with Crippen LogP contribution in [-0.4, -0.2) is 55.6 Å². The van der Waals surface area contributed by atoms with Gasteiger partial charge in [0.15, 0.2) is 0 Å². The molecular weight excluding hydrogens is 190 g/mol. The van der Waals surface area contributed by atoms with E-state index in [1.165, 1.54) is 12.8 Å². The number of urea groups is 1. The standard InChI is InChI=1S/C11H23N3O/c1-10(12-2)6-4-5-7-14-9-8-13(3)11(14)15/h10,12H,4-9H2,1-3H3. The van der Waals surface area contributed by atoms with Gasteiger partial charge in [0.25, 0.3) is 0 Å². The molecule has 1 aliphatic rings. The van der Waals surface area contributed by atoms with E-state index in [1.54, 1.807) is 4.90 Å². The summed E-state index contributed by atoms with van der Waals surface area (Å²) >= 11 is 0. The van der Waals surface area contributed by atoms with E-state index in [4.69, 9.17) is 0 Å². The van der Waals surface area contributed by atoms with Crippen molar-refractivity contribution in [2.75, 3.05) is 33.7 Å². The van der Waals surface area contributed by atoms with E-state index < -0.39 is 0 Å². The van der Waals surface area contributed by atoms with Gasteiger partial charge >= 0.3 is 6.03 Å². The zero-order valence-corrected chi connectivity index (χ0v) is 10.1. The predicted molar refractivity (Wildman–Crippen MR) is 62.0 cm³/mol. The minimum absolute atomic E-state index is 0.191. The number of carbonyl (C=O) groups is 1. The number of hydrogen-bond donors (Lipinski definition) is 1. The van der Waals surface area contributed by atoms with Crippen molar-refractivity contribution >= 4 is 6.03 Å². The number of rotatable bonds is 6. The molecule has 88 valence electrons. The number of likely N-dealkylation sites (N-methyl/N-ethyl adjacent to an activating group) is 1. The van der Waals surface area contributed by atoms with Crippen LogP contribution in [0.15, 0.2) is 0 Å². The molecule has 1 aliphatic heterocycles.